The first-order valence-electron chi connectivity index (χ1n) is 5.41. The summed E-state index contributed by atoms with van der Waals surface area (Å²) in [7, 11) is 0. The summed E-state index contributed by atoms with van der Waals surface area (Å²) in [5, 5.41) is 9.30. The standard InChI is InChI=1S/C13H4BrF2N3S/c14-12-11-10(8(16)5-18-12)19-13(20-11)9-6(4-17)2-1-3-7(9)15/h1-3,5H. The second-order valence-electron chi connectivity index (χ2n) is 3.87. The van der Waals surface area contributed by atoms with E-state index in [1.807, 2.05) is 6.07 Å². The molecule has 0 unspecified atom stereocenters. The van der Waals surface area contributed by atoms with Crippen LogP contribution in [0.3, 0.4) is 0 Å². The maximum Gasteiger partial charge on any atom is 0.168 e. The molecule has 3 aromatic rings. The first kappa shape index (κ1) is 13.1. The van der Waals surface area contributed by atoms with Gasteiger partial charge in [-0.2, -0.15) is 5.26 Å². The van der Waals surface area contributed by atoms with Crippen LogP contribution >= 0.6 is 27.3 Å². The Morgan fingerprint density at radius 3 is 2.75 bits per heavy atom. The van der Waals surface area contributed by atoms with Gasteiger partial charge in [-0.15, -0.1) is 11.3 Å². The molecular weight excluding hydrogens is 348 g/mol. The average Bonchev–Trinajstić information content (AvgIpc) is 2.88. The molecule has 2 aromatic heterocycles. The Morgan fingerprint density at radius 1 is 1.25 bits per heavy atom. The lowest BCUT2D eigenvalue weighted by Crippen LogP contribution is -1.89. The molecular formula is C13H4BrF2N3S. The minimum atomic E-state index is -0.583. The molecule has 98 valence electrons. The zero-order valence-electron chi connectivity index (χ0n) is 9.69. The Hall–Kier alpha value is -1.91. The quantitative estimate of drug-likeness (QED) is 0.615. The van der Waals surface area contributed by atoms with E-state index in [4.69, 9.17) is 5.26 Å². The highest BCUT2D eigenvalue weighted by Gasteiger charge is 2.18. The Bertz CT molecular complexity index is 831. The van der Waals surface area contributed by atoms with Crippen LogP contribution in [-0.4, -0.2) is 9.97 Å². The number of rotatable bonds is 1. The van der Waals surface area contributed by atoms with Gasteiger partial charge in [0.25, 0.3) is 0 Å². The first-order chi connectivity index (χ1) is 9.61. The Balaban J connectivity index is 2.35. The Kier molecular flexibility index (Phi) is 3.20. The van der Waals surface area contributed by atoms with Crippen molar-refractivity contribution in [2.45, 2.75) is 0 Å². The third-order valence-electron chi connectivity index (χ3n) is 2.68. The predicted molar refractivity (Wildman–Crippen MR) is 75.2 cm³/mol. The van der Waals surface area contributed by atoms with E-state index >= 15 is 0 Å². The lowest BCUT2D eigenvalue weighted by molar-refractivity contribution is 0.628. The number of fused-ring (bicyclic) bond motifs is 1. The fraction of sp³-hybridized carbons (Fsp3) is 0. The van der Waals surface area contributed by atoms with E-state index in [2.05, 4.69) is 25.9 Å². The molecule has 0 spiro atoms. The van der Waals surface area contributed by atoms with E-state index in [9.17, 15) is 8.78 Å². The Morgan fingerprint density at radius 2 is 2.05 bits per heavy atom. The fourth-order valence-electron chi connectivity index (χ4n) is 1.80. The summed E-state index contributed by atoms with van der Waals surface area (Å²) in [4.78, 5) is 7.93. The molecule has 3 nitrogen and oxygen atoms in total. The molecule has 3 rings (SSSR count). The molecule has 0 N–H and O–H groups in total. The molecule has 0 aliphatic rings. The molecule has 0 fully saturated rings. The van der Waals surface area contributed by atoms with E-state index in [0.29, 0.717) is 9.30 Å². The van der Waals surface area contributed by atoms with Gasteiger partial charge in [0.2, 0.25) is 0 Å². The van der Waals surface area contributed by atoms with Crippen molar-refractivity contribution >= 4 is 37.5 Å². The van der Waals surface area contributed by atoms with Crippen LogP contribution in [-0.2, 0) is 0 Å². The van der Waals surface area contributed by atoms with Crippen LogP contribution in [0, 0.1) is 23.0 Å². The van der Waals surface area contributed by atoms with Crippen molar-refractivity contribution in [3.8, 4) is 16.6 Å². The topological polar surface area (TPSA) is 49.6 Å². The highest BCUT2D eigenvalue weighted by molar-refractivity contribution is 9.10. The molecule has 1 aromatic carbocycles. The van der Waals surface area contributed by atoms with Crippen LogP contribution in [0.2, 0.25) is 0 Å². The summed E-state index contributed by atoms with van der Waals surface area (Å²) in [6.45, 7) is 0. The number of nitrogens with zero attached hydrogens (tertiary/aromatic N) is 3. The van der Waals surface area contributed by atoms with Gasteiger partial charge >= 0.3 is 0 Å². The minimum Gasteiger partial charge on any atom is -0.245 e. The van der Waals surface area contributed by atoms with Crippen LogP contribution in [0.4, 0.5) is 8.78 Å². The second kappa shape index (κ2) is 4.89. The molecule has 20 heavy (non-hydrogen) atoms. The van der Waals surface area contributed by atoms with Crippen molar-refractivity contribution in [2.24, 2.45) is 0 Å². The van der Waals surface area contributed by atoms with Gasteiger partial charge in [0.05, 0.1) is 28.1 Å². The summed E-state index contributed by atoms with van der Waals surface area (Å²) in [6, 6.07) is 6.10. The number of benzene rings is 1. The maximum atomic E-state index is 13.9. The van der Waals surface area contributed by atoms with Gasteiger partial charge < -0.3 is 0 Å². The third-order valence-corrected chi connectivity index (χ3v) is 4.62. The largest absolute Gasteiger partial charge is 0.245 e. The predicted octanol–water partition coefficient (Wildman–Crippen LogP) is 4.27. The fourth-order valence-corrected chi connectivity index (χ4v) is 3.35. The summed E-state index contributed by atoms with van der Waals surface area (Å²) in [6.07, 6.45) is 1.04. The average molecular weight is 352 g/mol. The van der Waals surface area contributed by atoms with Gasteiger partial charge in [-0.05, 0) is 28.1 Å². The summed E-state index contributed by atoms with van der Waals surface area (Å²) in [5.41, 5.74) is 0.357. The number of thiazole rings is 1. The van der Waals surface area contributed by atoms with Crippen LogP contribution in [0.1, 0.15) is 5.56 Å². The minimum absolute atomic E-state index is 0.0856. The zero-order chi connectivity index (χ0) is 14.3. The van der Waals surface area contributed by atoms with E-state index in [0.717, 1.165) is 17.5 Å². The number of nitriles is 1. The summed E-state index contributed by atoms with van der Waals surface area (Å²) in [5.74, 6) is -1.15. The lowest BCUT2D eigenvalue weighted by atomic mass is 10.1. The molecule has 0 aliphatic carbocycles. The van der Waals surface area contributed by atoms with Gasteiger partial charge in [0, 0.05) is 0 Å². The van der Waals surface area contributed by atoms with Crippen molar-refractivity contribution in [3.05, 3.63) is 46.2 Å². The monoisotopic (exact) mass is 351 g/mol. The summed E-state index contributed by atoms with van der Waals surface area (Å²) < 4.78 is 28.5. The molecule has 0 atom stereocenters. The molecule has 0 saturated carbocycles. The molecule has 0 amide bonds. The number of aromatic nitrogens is 2. The molecule has 2 heterocycles. The normalized spacial score (nSPS) is 10.7. The van der Waals surface area contributed by atoms with E-state index in [1.54, 1.807) is 0 Å². The third kappa shape index (κ3) is 1.97. The van der Waals surface area contributed by atoms with E-state index in [-0.39, 0.29) is 21.7 Å². The molecule has 0 radical (unpaired) electrons. The molecule has 0 bridgehead atoms. The van der Waals surface area contributed by atoms with Crippen molar-refractivity contribution in [1.82, 2.24) is 9.97 Å². The number of halogens is 3. The zero-order valence-corrected chi connectivity index (χ0v) is 12.1. The lowest BCUT2D eigenvalue weighted by Gasteiger charge is -2.00. The van der Waals surface area contributed by atoms with Gasteiger partial charge in [-0.1, -0.05) is 6.07 Å². The maximum absolute atomic E-state index is 13.9. The van der Waals surface area contributed by atoms with Crippen LogP contribution < -0.4 is 0 Å². The van der Waals surface area contributed by atoms with E-state index < -0.39 is 11.6 Å². The first-order valence-corrected chi connectivity index (χ1v) is 7.02. The molecule has 7 heteroatoms. The second-order valence-corrected chi connectivity index (χ2v) is 5.62. The highest BCUT2D eigenvalue weighted by Crippen LogP contribution is 2.37. The van der Waals surface area contributed by atoms with Crippen molar-refractivity contribution in [3.63, 3.8) is 0 Å². The summed E-state index contributed by atoms with van der Waals surface area (Å²) >= 11 is 4.29. The van der Waals surface area contributed by atoms with Gasteiger partial charge in [0.1, 0.15) is 20.9 Å². The Labute approximate surface area is 124 Å². The number of hydrogen-bond acceptors (Lipinski definition) is 4. The molecule has 0 saturated heterocycles. The smallest absolute Gasteiger partial charge is 0.168 e. The highest BCUT2D eigenvalue weighted by atomic mass is 79.9. The molecule has 0 aliphatic heterocycles. The van der Waals surface area contributed by atoms with Crippen LogP contribution in [0.15, 0.2) is 29.0 Å². The van der Waals surface area contributed by atoms with Crippen LogP contribution in [0.5, 0.6) is 0 Å². The van der Waals surface area contributed by atoms with Gasteiger partial charge in [-0.3, -0.25) is 0 Å². The number of hydrogen-bond donors (Lipinski definition) is 0. The SMILES string of the molecule is N#Cc1cccc(F)c1-c1nc2c(F)cnc(Br)c2s1. The van der Waals surface area contributed by atoms with E-state index in [1.165, 1.54) is 18.2 Å². The van der Waals surface area contributed by atoms with Crippen molar-refractivity contribution in [1.29, 1.82) is 5.26 Å². The number of pyridine rings is 1. The van der Waals surface area contributed by atoms with Gasteiger partial charge in [-0.25, -0.2) is 18.7 Å². The van der Waals surface area contributed by atoms with Crippen molar-refractivity contribution < 1.29 is 8.78 Å². The van der Waals surface area contributed by atoms with Crippen LogP contribution in [0.25, 0.3) is 20.8 Å². The van der Waals surface area contributed by atoms with Gasteiger partial charge in [0.15, 0.2) is 5.82 Å². The van der Waals surface area contributed by atoms with Crippen molar-refractivity contribution in [2.75, 3.05) is 0 Å².